The van der Waals surface area contributed by atoms with E-state index in [9.17, 15) is 9.59 Å². The van der Waals surface area contributed by atoms with Crippen molar-refractivity contribution in [1.82, 2.24) is 9.97 Å². The molecule has 1 amide bonds. The Hall–Kier alpha value is -2.63. The largest absolute Gasteiger partial charge is 0.469 e. The molecule has 0 bridgehead atoms. The third kappa shape index (κ3) is 3.68. The first kappa shape index (κ1) is 13.8. The summed E-state index contributed by atoms with van der Waals surface area (Å²) >= 11 is 0. The summed E-state index contributed by atoms with van der Waals surface area (Å²) in [6.07, 6.45) is 3.56. The number of nitrogens with zero attached hydrogens (tertiary/aromatic N) is 1. The molecule has 0 atom stereocenters. The third-order valence-electron chi connectivity index (χ3n) is 2.70. The number of anilines is 1. The number of hydrogen-bond donors (Lipinski definition) is 2. The first-order valence-electron chi connectivity index (χ1n) is 6.15. The van der Waals surface area contributed by atoms with Gasteiger partial charge in [-0.05, 0) is 12.1 Å². The van der Waals surface area contributed by atoms with Crippen LogP contribution in [0.3, 0.4) is 0 Å². The van der Waals surface area contributed by atoms with Crippen LogP contribution in [0.15, 0.2) is 36.7 Å². The molecule has 6 heteroatoms. The summed E-state index contributed by atoms with van der Waals surface area (Å²) in [6.45, 7) is 0. The molecule has 6 nitrogen and oxygen atoms in total. The number of nitrogens with one attached hydrogen (secondary N) is 2. The Morgan fingerprint density at radius 1 is 1.35 bits per heavy atom. The average Bonchev–Trinajstić information content (AvgIpc) is 2.99. The predicted octanol–water partition coefficient (Wildman–Crippen LogP) is 1.97. The molecule has 0 saturated carbocycles. The first-order valence-corrected chi connectivity index (χ1v) is 6.15. The fourth-order valence-corrected chi connectivity index (χ4v) is 1.71. The van der Waals surface area contributed by atoms with Gasteiger partial charge in [0.05, 0.1) is 13.5 Å². The highest BCUT2D eigenvalue weighted by Crippen LogP contribution is 2.19. The van der Waals surface area contributed by atoms with E-state index in [4.69, 9.17) is 0 Å². The molecule has 0 spiro atoms. The van der Waals surface area contributed by atoms with Gasteiger partial charge >= 0.3 is 5.97 Å². The van der Waals surface area contributed by atoms with Gasteiger partial charge in [-0.1, -0.05) is 12.1 Å². The quantitative estimate of drug-likeness (QED) is 0.816. The molecular formula is C14H15N3O3. The molecule has 1 aromatic heterocycles. The lowest BCUT2D eigenvalue weighted by atomic mass is 10.2. The van der Waals surface area contributed by atoms with Crippen molar-refractivity contribution < 1.29 is 14.3 Å². The number of benzene rings is 1. The maximum Gasteiger partial charge on any atom is 0.306 e. The maximum atomic E-state index is 11.7. The summed E-state index contributed by atoms with van der Waals surface area (Å²) in [6, 6.07) is 7.31. The van der Waals surface area contributed by atoms with Crippen LogP contribution in [0.2, 0.25) is 0 Å². The van der Waals surface area contributed by atoms with Crippen molar-refractivity contribution in [2.75, 3.05) is 12.4 Å². The fraction of sp³-hybridized carbons (Fsp3) is 0.214. The lowest BCUT2D eigenvalue weighted by Gasteiger charge is -2.06. The minimum Gasteiger partial charge on any atom is -0.469 e. The molecule has 0 radical (unpaired) electrons. The molecule has 0 unspecified atom stereocenters. The number of H-pyrrole nitrogens is 1. The molecular weight excluding hydrogens is 258 g/mol. The van der Waals surface area contributed by atoms with E-state index in [2.05, 4.69) is 20.0 Å². The lowest BCUT2D eigenvalue weighted by Crippen LogP contribution is -2.13. The van der Waals surface area contributed by atoms with E-state index in [0.29, 0.717) is 5.69 Å². The SMILES string of the molecule is COC(=O)CCC(=O)Nc1cccc(-c2ncc[nH]2)c1. The number of aromatic nitrogens is 2. The number of aromatic amines is 1. The molecule has 104 valence electrons. The third-order valence-corrected chi connectivity index (χ3v) is 2.70. The Labute approximate surface area is 116 Å². The Kier molecular flexibility index (Phi) is 4.49. The van der Waals surface area contributed by atoms with E-state index < -0.39 is 5.97 Å². The van der Waals surface area contributed by atoms with Crippen molar-refractivity contribution in [3.8, 4) is 11.4 Å². The van der Waals surface area contributed by atoms with Crippen LogP contribution in [0.1, 0.15) is 12.8 Å². The smallest absolute Gasteiger partial charge is 0.306 e. The minimum atomic E-state index is -0.399. The van der Waals surface area contributed by atoms with Crippen LogP contribution < -0.4 is 5.32 Å². The number of esters is 1. The monoisotopic (exact) mass is 273 g/mol. The molecule has 1 heterocycles. The summed E-state index contributed by atoms with van der Waals surface area (Å²) in [4.78, 5) is 29.8. The van der Waals surface area contributed by atoms with Crippen molar-refractivity contribution in [1.29, 1.82) is 0 Å². The van der Waals surface area contributed by atoms with Crippen LogP contribution in [0.4, 0.5) is 5.69 Å². The summed E-state index contributed by atoms with van der Waals surface area (Å²) in [7, 11) is 1.30. The van der Waals surface area contributed by atoms with Gasteiger partial charge < -0.3 is 15.0 Å². The van der Waals surface area contributed by atoms with Crippen molar-refractivity contribution in [2.24, 2.45) is 0 Å². The van der Waals surface area contributed by atoms with E-state index in [1.807, 2.05) is 18.2 Å². The predicted molar refractivity (Wildman–Crippen MR) is 73.9 cm³/mol. The average molecular weight is 273 g/mol. The second kappa shape index (κ2) is 6.51. The molecule has 2 rings (SSSR count). The van der Waals surface area contributed by atoms with Crippen LogP contribution in [-0.4, -0.2) is 29.0 Å². The van der Waals surface area contributed by atoms with Crippen molar-refractivity contribution in [3.05, 3.63) is 36.7 Å². The molecule has 0 fully saturated rings. The number of imidazole rings is 1. The molecule has 0 aliphatic carbocycles. The summed E-state index contributed by atoms with van der Waals surface area (Å²) in [5.41, 5.74) is 1.54. The maximum absolute atomic E-state index is 11.7. The zero-order chi connectivity index (χ0) is 14.4. The first-order chi connectivity index (χ1) is 9.69. The number of carbonyl (C=O) groups excluding carboxylic acids is 2. The molecule has 0 aliphatic rings. The molecule has 0 aliphatic heterocycles. The fourth-order valence-electron chi connectivity index (χ4n) is 1.71. The summed E-state index contributed by atoms with van der Waals surface area (Å²) in [5, 5.41) is 2.74. The van der Waals surface area contributed by atoms with Gasteiger partial charge in [-0.3, -0.25) is 9.59 Å². The zero-order valence-electron chi connectivity index (χ0n) is 11.1. The molecule has 1 aromatic carbocycles. The van der Waals surface area contributed by atoms with Gasteiger partial charge in [-0.2, -0.15) is 0 Å². The van der Waals surface area contributed by atoms with Crippen molar-refractivity contribution >= 4 is 17.6 Å². The van der Waals surface area contributed by atoms with E-state index in [1.165, 1.54) is 7.11 Å². The van der Waals surface area contributed by atoms with E-state index in [0.717, 1.165) is 11.4 Å². The second-order valence-corrected chi connectivity index (χ2v) is 4.14. The number of rotatable bonds is 5. The van der Waals surface area contributed by atoms with Gasteiger partial charge in [0, 0.05) is 30.1 Å². The van der Waals surface area contributed by atoms with Gasteiger partial charge in [-0.25, -0.2) is 4.98 Å². The van der Waals surface area contributed by atoms with Crippen LogP contribution in [-0.2, 0) is 14.3 Å². The standard InChI is InChI=1S/C14H15N3O3/c1-20-13(19)6-5-12(18)17-11-4-2-3-10(9-11)14-15-7-8-16-14/h2-4,7-9H,5-6H2,1H3,(H,15,16)(H,17,18). The highest BCUT2D eigenvalue weighted by atomic mass is 16.5. The Bertz CT molecular complexity index is 593. The van der Waals surface area contributed by atoms with E-state index >= 15 is 0 Å². The highest BCUT2D eigenvalue weighted by Gasteiger charge is 2.08. The van der Waals surface area contributed by atoms with Gasteiger partial charge in [0.25, 0.3) is 0 Å². The van der Waals surface area contributed by atoms with Crippen LogP contribution in [0.25, 0.3) is 11.4 Å². The van der Waals surface area contributed by atoms with Crippen molar-refractivity contribution in [2.45, 2.75) is 12.8 Å². The second-order valence-electron chi connectivity index (χ2n) is 4.14. The van der Waals surface area contributed by atoms with Gasteiger partial charge in [-0.15, -0.1) is 0 Å². The Morgan fingerprint density at radius 3 is 2.90 bits per heavy atom. The van der Waals surface area contributed by atoms with Crippen LogP contribution in [0.5, 0.6) is 0 Å². The summed E-state index contributed by atoms with van der Waals surface area (Å²) < 4.78 is 4.49. The van der Waals surface area contributed by atoms with E-state index in [1.54, 1.807) is 18.5 Å². The zero-order valence-corrected chi connectivity index (χ0v) is 11.1. The number of ether oxygens (including phenoxy) is 1. The minimum absolute atomic E-state index is 0.0697. The number of amides is 1. The molecule has 2 N–H and O–H groups in total. The van der Waals surface area contributed by atoms with Crippen LogP contribution >= 0.6 is 0 Å². The van der Waals surface area contributed by atoms with Crippen LogP contribution in [0, 0.1) is 0 Å². The Balaban J connectivity index is 1.98. The number of methoxy groups -OCH3 is 1. The van der Waals surface area contributed by atoms with Gasteiger partial charge in [0.1, 0.15) is 5.82 Å². The molecule has 2 aromatic rings. The lowest BCUT2D eigenvalue weighted by molar-refractivity contribution is -0.141. The van der Waals surface area contributed by atoms with Crippen molar-refractivity contribution in [3.63, 3.8) is 0 Å². The number of carbonyl (C=O) groups is 2. The van der Waals surface area contributed by atoms with Gasteiger partial charge in [0.15, 0.2) is 0 Å². The Morgan fingerprint density at radius 2 is 2.20 bits per heavy atom. The summed E-state index contributed by atoms with van der Waals surface area (Å²) in [5.74, 6) is 0.104. The number of hydrogen-bond acceptors (Lipinski definition) is 4. The topological polar surface area (TPSA) is 84.1 Å². The molecule has 20 heavy (non-hydrogen) atoms. The normalized spacial score (nSPS) is 10.1. The molecule has 0 saturated heterocycles. The van der Waals surface area contributed by atoms with E-state index in [-0.39, 0.29) is 18.7 Å². The highest BCUT2D eigenvalue weighted by molar-refractivity contribution is 5.93. The van der Waals surface area contributed by atoms with Gasteiger partial charge in [0.2, 0.25) is 5.91 Å².